The summed E-state index contributed by atoms with van der Waals surface area (Å²) in [6.07, 6.45) is 2.29. The normalized spacial score (nSPS) is 21.3. The molecule has 2 saturated heterocycles. The minimum absolute atomic E-state index is 0.0195. The summed E-state index contributed by atoms with van der Waals surface area (Å²) in [6, 6.07) is 6.25. The van der Waals surface area contributed by atoms with E-state index in [0.29, 0.717) is 49.0 Å². The van der Waals surface area contributed by atoms with Crippen LogP contribution in [0.5, 0.6) is 0 Å². The smallest absolute Gasteiger partial charge is 0.263 e. The maximum atomic E-state index is 13.7. The van der Waals surface area contributed by atoms with Crippen molar-refractivity contribution in [3.05, 3.63) is 51.6 Å². The molecule has 2 atom stereocenters. The summed E-state index contributed by atoms with van der Waals surface area (Å²) < 4.78 is 43.4. The van der Waals surface area contributed by atoms with Gasteiger partial charge in [0.05, 0.1) is 11.7 Å². The van der Waals surface area contributed by atoms with Crippen molar-refractivity contribution in [1.82, 2.24) is 18.8 Å². The molecule has 38 heavy (non-hydrogen) atoms. The zero-order valence-electron chi connectivity index (χ0n) is 21.8. The minimum Gasteiger partial charge on any atom is -0.368 e. The van der Waals surface area contributed by atoms with Crippen LogP contribution in [0.1, 0.15) is 25.1 Å². The highest BCUT2D eigenvalue weighted by Crippen LogP contribution is 2.35. The van der Waals surface area contributed by atoms with Gasteiger partial charge in [-0.3, -0.25) is 14.2 Å². The molecule has 12 heteroatoms. The number of aromatic nitrogens is 2. The SMILES string of the molecule is Cc1sc2ncn(CC(=O)N3CCN(c4ccc(F)cc4)CC3)c(=O)c2c1S(=O)(=O)N1C[C@@H](C)C[C@H](C)C1. The number of halogens is 1. The quantitative estimate of drug-likeness (QED) is 0.476. The number of fused-ring (bicyclic) bond motifs is 1. The number of rotatable bonds is 5. The Hall–Kier alpha value is -2.83. The molecule has 2 aliphatic rings. The lowest BCUT2D eigenvalue weighted by Gasteiger charge is -2.36. The third kappa shape index (κ3) is 5.08. The van der Waals surface area contributed by atoms with Gasteiger partial charge in [-0.25, -0.2) is 17.8 Å². The number of amides is 1. The first-order chi connectivity index (χ1) is 18.0. The first-order valence-electron chi connectivity index (χ1n) is 12.8. The van der Waals surface area contributed by atoms with Crippen molar-refractivity contribution in [3.8, 4) is 0 Å². The number of benzene rings is 1. The predicted molar refractivity (Wildman–Crippen MR) is 146 cm³/mol. The van der Waals surface area contributed by atoms with E-state index < -0.39 is 15.6 Å². The van der Waals surface area contributed by atoms with Gasteiger partial charge >= 0.3 is 0 Å². The lowest BCUT2D eigenvalue weighted by molar-refractivity contribution is -0.132. The molecule has 0 saturated carbocycles. The molecule has 0 unspecified atom stereocenters. The molecule has 5 rings (SSSR count). The summed E-state index contributed by atoms with van der Waals surface area (Å²) in [4.78, 5) is 35.7. The lowest BCUT2D eigenvalue weighted by atomic mass is 9.94. The molecule has 9 nitrogen and oxygen atoms in total. The summed E-state index contributed by atoms with van der Waals surface area (Å²) in [7, 11) is -3.90. The Morgan fingerprint density at radius 1 is 1.08 bits per heavy atom. The van der Waals surface area contributed by atoms with Crippen molar-refractivity contribution in [1.29, 1.82) is 0 Å². The molecule has 4 heterocycles. The number of thiophene rings is 1. The Balaban J connectivity index is 1.36. The Bertz CT molecular complexity index is 1500. The number of nitrogens with zero attached hydrogens (tertiary/aromatic N) is 5. The molecule has 2 fully saturated rings. The van der Waals surface area contributed by atoms with Crippen LogP contribution >= 0.6 is 11.3 Å². The zero-order valence-corrected chi connectivity index (χ0v) is 23.4. The number of aryl methyl sites for hydroxylation is 1. The molecule has 0 N–H and O–H groups in total. The van der Waals surface area contributed by atoms with Gasteiger partial charge in [0.15, 0.2) is 0 Å². The number of hydrogen-bond acceptors (Lipinski definition) is 7. The van der Waals surface area contributed by atoms with E-state index in [9.17, 15) is 22.4 Å². The van der Waals surface area contributed by atoms with Gasteiger partial charge in [0.1, 0.15) is 22.1 Å². The number of piperazine rings is 1. The van der Waals surface area contributed by atoms with Gasteiger partial charge in [0, 0.05) is 49.8 Å². The van der Waals surface area contributed by atoms with Crippen LogP contribution in [0.3, 0.4) is 0 Å². The van der Waals surface area contributed by atoms with Crippen molar-refractivity contribution in [3.63, 3.8) is 0 Å². The predicted octanol–water partition coefficient (Wildman–Crippen LogP) is 2.92. The average Bonchev–Trinajstić information content (AvgIpc) is 3.23. The number of carbonyl (C=O) groups is 1. The number of piperidine rings is 1. The van der Waals surface area contributed by atoms with Gasteiger partial charge in [0.2, 0.25) is 15.9 Å². The van der Waals surface area contributed by atoms with Gasteiger partial charge in [-0.05, 0) is 49.4 Å². The fraction of sp³-hybridized carbons (Fsp3) is 0.500. The van der Waals surface area contributed by atoms with Gasteiger partial charge in [0.25, 0.3) is 5.56 Å². The van der Waals surface area contributed by atoms with Crippen LogP contribution in [0.25, 0.3) is 10.2 Å². The van der Waals surface area contributed by atoms with Crippen molar-refractivity contribution in [2.24, 2.45) is 11.8 Å². The van der Waals surface area contributed by atoms with Crippen LogP contribution in [0.15, 0.2) is 40.3 Å². The molecule has 0 aliphatic carbocycles. The van der Waals surface area contributed by atoms with Gasteiger partial charge in [-0.15, -0.1) is 11.3 Å². The first kappa shape index (κ1) is 26.8. The molecule has 2 aliphatic heterocycles. The van der Waals surface area contributed by atoms with E-state index >= 15 is 0 Å². The molecule has 1 amide bonds. The Labute approximate surface area is 225 Å². The highest BCUT2D eigenvalue weighted by molar-refractivity contribution is 7.89. The van der Waals surface area contributed by atoms with Crippen LogP contribution in [-0.2, 0) is 21.4 Å². The van der Waals surface area contributed by atoms with E-state index in [1.165, 1.54) is 38.7 Å². The topological polar surface area (TPSA) is 95.8 Å². The summed E-state index contributed by atoms with van der Waals surface area (Å²) in [5.74, 6) is -0.0678. The second-order valence-corrected chi connectivity index (χ2v) is 13.5. The Kier molecular flexibility index (Phi) is 7.31. The number of carbonyl (C=O) groups excluding carboxylic acids is 1. The van der Waals surface area contributed by atoms with Crippen molar-refractivity contribution < 1.29 is 17.6 Å². The van der Waals surface area contributed by atoms with Crippen LogP contribution < -0.4 is 10.5 Å². The summed E-state index contributed by atoms with van der Waals surface area (Å²) in [5, 5.41) is 0.0646. The highest BCUT2D eigenvalue weighted by atomic mass is 32.2. The first-order valence-corrected chi connectivity index (χ1v) is 15.1. The molecule has 0 bridgehead atoms. The van der Waals surface area contributed by atoms with Crippen LogP contribution in [0.2, 0.25) is 0 Å². The number of anilines is 1. The molecular weight excluding hydrogens is 529 g/mol. The van der Waals surface area contributed by atoms with Crippen molar-refractivity contribution in [2.75, 3.05) is 44.2 Å². The molecule has 1 aromatic carbocycles. The van der Waals surface area contributed by atoms with E-state index in [1.807, 2.05) is 13.8 Å². The van der Waals surface area contributed by atoms with E-state index in [0.717, 1.165) is 12.1 Å². The van der Waals surface area contributed by atoms with Crippen LogP contribution in [-0.4, -0.2) is 72.3 Å². The third-order valence-electron chi connectivity index (χ3n) is 7.36. The highest BCUT2D eigenvalue weighted by Gasteiger charge is 2.36. The second-order valence-electron chi connectivity index (χ2n) is 10.5. The van der Waals surface area contributed by atoms with Gasteiger partial charge in [-0.2, -0.15) is 4.31 Å². The molecular formula is C26H32FN5O4S2. The Morgan fingerprint density at radius 2 is 1.71 bits per heavy atom. The number of hydrogen-bond donors (Lipinski definition) is 0. The maximum Gasteiger partial charge on any atom is 0.263 e. The van der Waals surface area contributed by atoms with Gasteiger partial charge in [-0.1, -0.05) is 13.8 Å². The average molecular weight is 562 g/mol. The fourth-order valence-electron chi connectivity index (χ4n) is 5.58. The molecule has 204 valence electrons. The standard InChI is InChI=1S/C26H32FN5O4S2/c1-17-12-18(2)14-32(13-17)38(35,36)24-19(3)37-25-23(24)26(34)31(16-28-25)15-22(33)30-10-8-29(9-11-30)21-6-4-20(27)5-7-21/h4-7,16-18H,8-15H2,1-3H3/t17-,18-/m0/s1. The monoisotopic (exact) mass is 561 g/mol. The minimum atomic E-state index is -3.90. The Morgan fingerprint density at radius 3 is 2.34 bits per heavy atom. The lowest BCUT2D eigenvalue weighted by Crippen LogP contribution is -2.50. The third-order valence-corrected chi connectivity index (χ3v) is 10.5. The van der Waals surface area contributed by atoms with Gasteiger partial charge < -0.3 is 9.80 Å². The van der Waals surface area contributed by atoms with Crippen LogP contribution in [0, 0.1) is 24.6 Å². The molecule has 0 radical (unpaired) electrons. The van der Waals surface area contributed by atoms with E-state index in [4.69, 9.17) is 0 Å². The number of sulfonamides is 1. The van der Waals surface area contributed by atoms with E-state index in [1.54, 1.807) is 24.0 Å². The molecule has 3 aromatic rings. The zero-order chi connectivity index (χ0) is 27.2. The maximum absolute atomic E-state index is 13.7. The van der Waals surface area contributed by atoms with Crippen molar-refractivity contribution >= 4 is 43.2 Å². The van der Waals surface area contributed by atoms with Crippen molar-refractivity contribution in [2.45, 2.75) is 38.6 Å². The largest absolute Gasteiger partial charge is 0.368 e. The summed E-state index contributed by atoms with van der Waals surface area (Å²) in [6.45, 7) is 8.49. The van der Waals surface area contributed by atoms with Crippen LogP contribution in [0.4, 0.5) is 10.1 Å². The fourth-order valence-corrected chi connectivity index (χ4v) is 8.93. The summed E-state index contributed by atoms with van der Waals surface area (Å²) in [5.41, 5.74) is 0.373. The molecule has 2 aromatic heterocycles. The summed E-state index contributed by atoms with van der Waals surface area (Å²) >= 11 is 1.19. The second kappa shape index (κ2) is 10.4. The van der Waals surface area contributed by atoms with E-state index in [2.05, 4.69) is 9.88 Å². The van der Waals surface area contributed by atoms with E-state index in [-0.39, 0.29) is 40.4 Å². The molecule has 0 spiro atoms.